The first-order chi connectivity index (χ1) is 14.1. The van der Waals surface area contributed by atoms with Crippen LogP contribution in [0.4, 0.5) is 0 Å². The lowest BCUT2D eigenvalue weighted by atomic mass is 9.71. The lowest BCUT2D eigenvalue weighted by molar-refractivity contribution is 0.1000. The first-order valence-electron chi connectivity index (χ1n) is 10.6. The van der Waals surface area contributed by atoms with E-state index >= 15 is 0 Å². The van der Waals surface area contributed by atoms with Crippen LogP contribution < -0.4 is 15.2 Å². The molecule has 1 spiro atoms. The molecule has 1 atom stereocenters. The molecular weight excluding hydrogens is 364 g/mol. The minimum absolute atomic E-state index is 0.199. The SMILES string of the molecule is CC1c2cc3c(cc2C2(CCCC2)CN1Cc1ccc(C(N)=O)cc1)OCCO3. The summed E-state index contributed by atoms with van der Waals surface area (Å²) in [6, 6.07) is 12.5. The van der Waals surface area contributed by atoms with E-state index in [1.54, 1.807) is 0 Å². The molecule has 0 saturated heterocycles. The number of fused-ring (bicyclic) bond motifs is 3. The van der Waals surface area contributed by atoms with E-state index in [9.17, 15) is 4.79 Å². The monoisotopic (exact) mass is 392 g/mol. The van der Waals surface area contributed by atoms with Gasteiger partial charge in [-0.3, -0.25) is 9.69 Å². The molecular formula is C24H28N2O3. The van der Waals surface area contributed by atoms with Crippen LogP contribution in [0.1, 0.15) is 65.7 Å². The minimum atomic E-state index is -0.381. The highest BCUT2D eigenvalue weighted by Gasteiger charge is 2.44. The standard InChI is InChI=1S/C24H28N2O3/c1-16-19-12-21-22(29-11-10-28-21)13-20(19)24(8-2-3-9-24)15-26(16)14-17-4-6-18(7-5-17)23(25)27/h4-7,12-13,16H,2-3,8-11,14-15H2,1H3,(H2,25,27). The third-order valence-corrected chi connectivity index (χ3v) is 6.97. The van der Waals surface area contributed by atoms with Gasteiger partial charge in [-0.05, 0) is 60.7 Å². The van der Waals surface area contributed by atoms with Gasteiger partial charge in [0.25, 0.3) is 0 Å². The predicted molar refractivity (Wildman–Crippen MR) is 111 cm³/mol. The predicted octanol–water partition coefficient (Wildman–Crippen LogP) is 3.95. The molecule has 0 aromatic heterocycles. The summed E-state index contributed by atoms with van der Waals surface area (Å²) in [7, 11) is 0. The highest BCUT2D eigenvalue weighted by atomic mass is 16.6. The number of benzene rings is 2. The fourth-order valence-corrected chi connectivity index (χ4v) is 5.40. The topological polar surface area (TPSA) is 64.8 Å². The van der Waals surface area contributed by atoms with Crippen molar-refractivity contribution >= 4 is 5.91 Å². The molecule has 2 aliphatic heterocycles. The number of carbonyl (C=O) groups is 1. The summed E-state index contributed by atoms with van der Waals surface area (Å²) >= 11 is 0. The Labute approximate surface area is 171 Å². The maximum atomic E-state index is 11.4. The van der Waals surface area contributed by atoms with Crippen LogP contribution in [0.2, 0.25) is 0 Å². The number of hydrogen-bond donors (Lipinski definition) is 1. The molecule has 1 unspecified atom stereocenters. The number of hydrogen-bond acceptors (Lipinski definition) is 4. The fourth-order valence-electron chi connectivity index (χ4n) is 5.40. The molecule has 1 amide bonds. The zero-order chi connectivity index (χ0) is 20.0. The van der Waals surface area contributed by atoms with Gasteiger partial charge in [0.2, 0.25) is 5.91 Å². The van der Waals surface area contributed by atoms with Crippen molar-refractivity contribution < 1.29 is 14.3 Å². The van der Waals surface area contributed by atoms with Gasteiger partial charge in [-0.1, -0.05) is 25.0 Å². The van der Waals surface area contributed by atoms with Crippen molar-refractivity contribution in [2.24, 2.45) is 5.73 Å². The van der Waals surface area contributed by atoms with Crippen molar-refractivity contribution in [1.29, 1.82) is 0 Å². The molecule has 0 radical (unpaired) electrons. The summed E-state index contributed by atoms with van der Waals surface area (Å²) in [5, 5.41) is 0. The highest BCUT2D eigenvalue weighted by Crippen LogP contribution is 2.52. The van der Waals surface area contributed by atoms with Gasteiger partial charge in [-0.25, -0.2) is 0 Å². The number of nitrogens with zero attached hydrogens (tertiary/aromatic N) is 1. The first-order valence-corrected chi connectivity index (χ1v) is 10.6. The molecule has 2 N–H and O–H groups in total. The Morgan fingerprint density at radius 2 is 1.76 bits per heavy atom. The van der Waals surface area contributed by atoms with Gasteiger partial charge in [0.1, 0.15) is 13.2 Å². The molecule has 1 aliphatic carbocycles. The smallest absolute Gasteiger partial charge is 0.248 e. The Morgan fingerprint density at radius 3 is 2.41 bits per heavy atom. The fraction of sp³-hybridized carbons (Fsp3) is 0.458. The molecule has 5 nitrogen and oxygen atoms in total. The molecule has 1 saturated carbocycles. The van der Waals surface area contributed by atoms with Crippen molar-refractivity contribution in [3.8, 4) is 11.5 Å². The van der Waals surface area contributed by atoms with E-state index < -0.39 is 0 Å². The molecule has 29 heavy (non-hydrogen) atoms. The lowest BCUT2D eigenvalue weighted by Gasteiger charge is -2.46. The number of nitrogens with two attached hydrogens (primary N) is 1. The molecule has 5 rings (SSSR count). The lowest BCUT2D eigenvalue weighted by Crippen LogP contribution is -2.45. The van der Waals surface area contributed by atoms with Crippen LogP contribution in [0.25, 0.3) is 0 Å². The van der Waals surface area contributed by atoms with Gasteiger partial charge in [-0.15, -0.1) is 0 Å². The Bertz CT molecular complexity index is 932. The van der Waals surface area contributed by atoms with E-state index in [4.69, 9.17) is 15.2 Å². The van der Waals surface area contributed by atoms with Crippen LogP contribution >= 0.6 is 0 Å². The molecule has 2 aromatic carbocycles. The second-order valence-electron chi connectivity index (χ2n) is 8.71. The summed E-state index contributed by atoms with van der Waals surface area (Å²) in [6.45, 7) is 5.44. The normalized spacial score (nSPS) is 22.4. The maximum absolute atomic E-state index is 11.4. The van der Waals surface area contributed by atoms with Crippen molar-refractivity contribution in [2.75, 3.05) is 19.8 Å². The van der Waals surface area contributed by atoms with E-state index in [0.29, 0.717) is 24.8 Å². The van der Waals surface area contributed by atoms with E-state index in [2.05, 4.69) is 24.0 Å². The van der Waals surface area contributed by atoms with Crippen molar-refractivity contribution in [3.05, 3.63) is 58.7 Å². The number of ether oxygens (including phenoxy) is 2. The summed E-state index contributed by atoms with van der Waals surface area (Å²) in [5.41, 5.74) is 10.2. The van der Waals surface area contributed by atoms with E-state index in [1.807, 2.05) is 24.3 Å². The summed E-state index contributed by atoms with van der Waals surface area (Å²) in [6.07, 6.45) is 5.01. The average molecular weight is 392 g/mol. The Morgan fingerprint density at radius 1 is 1.10 bits per heavy atom. The Hall–Kier alpha value is -2.53. The van der Waals surface area contributed by atoms with Crippen LogP contribution in [-0.2, 0) is 12.0 Å². The summed E-state index contributed by atoms with van der Waals surface area (Å²) < 4.78 is 11.8. The number of amides is 1. The number of primary amides is 1. The van der Waals surface area contributed by atoms with Gasteiger partial charge >= 0.3 is 0 Å². The van der Waals surface area contributed by atoms with Crippen LogP contribution in [0, 0.1) is 0 Å². The van der Waals surface area contributed by atoms with Gasteiger partial charge < -0.3 is 15.2 Å². The average Bonchev–Trinajstić information content (AvgIpc) is 3.20. The van der Waals surface area contributed by atoms with Crippen molar-refractivity contribution in [2.45, 2.75) is 50.6 Å². The van der Waals surface area contributed by atoms with Gasteiger partial charge in [-0.2, -0.15) is 0 Å². The molecule has 3 aliphatic rings. The Kier molecular flexibility index (Phi) is 4.50. The van der Waals surface area contributed by atoms with Crippen LogP contribution in [-0.4, -0.2) is 30.6 Å². The van der Waals surface area contributed by atoms with Crippen LogP contribution in [0.3, 0.4) is 0 Å². The van der Waals surface area contributed by atoms with Crippen molar-refractivity contribution in [3.63, 3.8) is 0 Å². The van der Waals surface area contributed by atoms with Crippen molar-refractivity contribution in [1.82, 2.24) is 4.90 Å². The van der Waals surface area contributed by atoms with Gasteiger partial charge in [0, 0.05) is 30.1 Å². The molecule has 5 heteroatoms. The molecule has 2 aromatic rings. The zero-order valence-electron chi connectivity index (χ0n) is 16.9. The quantitative estimate of drug-likeness (QED) is 0.859. The maximum Gasteiger partial charge on any atom is 0.248 e. The number of carbonyl (C=O) groups excluding carboxylic acids is 1. The molecule has 0 bridgehead atoms. The third-order valence-electron chi connectivity index (χ3n) is 6.97. The summed E-state index contributed by atoms with van der Waals surface area (Å²) in [4.78, 5) is 13.9. The van der Waals surface area contributed by atoms with Gasteiger partial charge in [0.15, 0.2) is 11.5 Å². The van der Waals surface area contributed by atoms with E-state index in [-0.39, 0.29) is 11.3 Å². The second kappa shape index (κ2) is 7.06. The molecule has 2 heterocycles. The zero-order valence-corrected chi connectivity index (χ0v) is 16.9. The third kappa shape index (κ3) is 3.18. The molecule has 1 fully saturated rings. The number of rotatable bonds is 3. The van der Waals surface area contributed by atoms with Crippen LogP contribution in [0.5, 0.6) is 11.5 Å². The van der Waals surface area contributed by atoms with E-state index in [0.717, 1.165) is 24.6 Å². The minimum Gasteiger partial charge on any atom is -0.486 e. The highest BCUT2D eigenvalue weighted by molar-refractivity contribution is 5.92. The first kappa shape index (κ1) is 18.5. The summed E-state index contributed by atoms with van der Waals surface area (Å²) in [5.74, 6) is 1.40. The van der Waals surface area contributed by atoms with Crippen LogP contribution in [0.15, 0.2) is 36.4 Å². The van der Waals surface area contributed by atoms with Gasteiger partial charge in [0.05, 0.1) is 0 Å². The van der Waals surface area contributed by atoms with E-state index in [1.165, 1.54) is 42.4 Å². The molecule has 152 valence electrons. The largest absolute Gasteiger partial charge is 0.486 e. The Balaban J connectivity index is 1.50. The second-order valence-corrected chi connectivity index (χ2v) is 8.71.